The molecule has 1 saturated heterocycles. The van der Waals surface area contributed by atoms with Gasteiger partial charge in [-0.15, -0.1) is 0 Å². The number of anilines is 1. The zero-order valence-electron chi connectivity index (χ0n) is 15.2. The van der Waals surface area contributed by atoms with E-state index in [1.165, 1.54) is 4.90 Å². The molecule has 0 aliphatic carbocycles. The van der Waals surface area contributed by atoms with Crippen molar-refractivity contribution in [3.8, 4) is 11.5 Å². The van der Waals surface area contributed by atoms with Gasteiger partial charge in [0.2, 0.25) is 6.79 Å². The first-order valence-electron chi connectivity index (χ1n) is 9.36. The monoisotopic (exact) mass is 399 g/mol. The van der Waals surface area contributed by atoms with E-state index in [2.05, 4.69) is 11.0 Å². The van der Waals surface area contributed by atoms with Gasteiger partial charge in [0, 0.05) is 33.8 Å². The van der Waals surface area contributed by atoms with Crippen LogP contribution in [0.1, 0.15) is 5.56 Å². The molecule has 6 nitrogen and oxygen atoms in total. The lowest BCUT2D eigenvalue weighted by Gasteiger charge is -2.33. The third-order valence-corrected chi connectivity index (χ3v) is 5.64. The van der Waals surface area contributed by atoms with E-state index in [1.807, 2.05) is 24.3 Å². The molecule has 1 N–H and O–H groups in total. The van der Waals surface area contributed by atoms with Crippen LogP contribution in [0, 0.1) is 0 Å². The Morgan fingerprint density at radius 2 is 1.82 bits per heavy atom. The second kappa shape index (κ2) is 7.04. The fraction of sp³-hybridized carbons (Fsp3) is 0.286. The summed E-state index contributed by atoms with van der Waals surface area (Å²) >= 11 is 6.12. The van der Waals surface area contributed by atoms with Crippen LogP contribution in [0.3, 0.4) is 0 Å². The number of piperazine rings is 1. The van der Waals surface area contributed by atoms with Gasteiger partial charge in [-0.05, 0) is 24.3 Å². The highest BCUT2D eigenvalue weighted by atomic mass is 35.5. The van der Waals surface area contributed by atoms with E-state index in [9.17, 15) is 4.79 Å². The van der Waals surface area contributed by atoms with Gasteiger partial charge in [-0.2, -0.15) is 0 Å². The number of fused-ring (bicyclic) bond motifs is 2. The highest BCUT2D eigenvalue weighted by Gasteiger charge is 2.23. The largest absolute Gasteiger partial charge is 0.454 e. The van der Waals surface area contributed by atoms with Crippen molar-refractivity contribution < 1.29 is 18.8 Å². The van der Waals surface area contributed by atoms with Crippen molar-refractivity contribution in [1.29, 1.82) is 0 Å². The normalized spacial score (nSPS) is 16.7. The maximum absolute atomic E-state index is 12.0. The number of rotatable bonds is 3. The molecule has 0 amide bonds. The average molecular weight is 400 g/mol. The number of quaternary nitrogens is 1. The molecule has 2 aromatic carbocycles. The number of nitrogens with zero attached hydrogens (tertiary/aromatic N) is 1. The second-order valence-corrected chi connectivity index (χ2v) is 7.62. The van der Waals surface area contributed by atoms with Gasteiger partial charge in [0.05, 0.1) is 26.2 Å². The molecule has 0 unspecified atom stereocenters. The lowest BCUT2D eigenvalue weighted by molar-refractivity contribution is -0.914. The molecule has 1 fully saturated rings. The van der Waals surface area contributed by atoms with Crippen LogP contribution in [0.15, 0.2) is 51.7 Å². The summed E-state index contributed by atoms with van der Waals surface area (Å²) in [6.07, 6.45) is 0. The van der Waals surface area contributed by atoms with E-state index in [0.717, 1.165) is 54.4 Å². The maximum Gasteiger partial charge on any atom is 0.336 e. The number of ether oxygens (including phenoxy) is 2. The zero-order valence-corrected chi connectivity index (χ0v) is 16.0. The van der Waals surface area contributed by atoms with E-state index in [0.29, 0.717) is 17.1 Å². The Labute approximate surface area is 166 Å². The predicted molar refractivity (Wildman–Crippen MR) is 107 cm³/mol. The molecular weight excluding hydrogens is 380 g/mol. The van der Waals surface area contributed by atoms with E-state index in [1.54, 1.807) is 12.1 Å². The van der Waals surface area contributed by atoms with Gasteiger partial charge in [0.25, 0.3) is 0 Å². The third kappa shape index (κ3) is 3.30. The summed E-state index contributed by atoms with van der Waals surface area (Å²) in [7, 11) is 0. The summed E-state index contributed by atoms with van der Waals surface area (Å²) in [4.78, 5) is 15.8. The van der Waals surface area contributed by atoms with Crippen LogP contribution in [0.25, 0.3) is 11.0 Å². The molecule has 0 radical (unpaired) electrons. The molecule has 0 saturated carbocycles. The van der Waals surface area contributed by atoms with E-state index < -0.39 is 0 Å². The summed E-state index contributed by atoms with van der Waals surface area (Å²) in [6.45, 7) is 4.83. The van der Waals surface area contributed by atoms with Crippen molar-refractivity contribution in [2.24, 2.45) is 0 Å². The fourth-order valence-corrected chi connectivity index (χ4v) is 4.15. The van der Waals surface area contributed by atoms with Gasteiger partial charge in [0.15, 0.2) is 11.5 Å². The van der Waals surface area contributed by atoms with Gasteiger partial charge in [-0.3, -0.25) is 0 Å². The first-order chi connectivity index (χ1) is 13.7. The molecule has 3 heterocycles. The second-order valence-electron chi connectivity index (χ2n) is 7.19. The first-order valence-corrected chi connectivity index (χ1v) is 9.74. The molecular formula is C21H20ClN2O4+. The SMILES string of the molecule is O=c1cc(C[NH+]2CCN(c3cccc(Cl)c3)CC2)c2cc3c(cc2o1)OCO3. The third-order valence-electron chi connectivity index (χ3n) is 5.41. The highest BCUT2D eigenvalue weighted by molar-refractivity contribution is 6.30. The van der Waals surface area contributed by atoms with Crippen LogP contribution in [-0.4, -0.2) is 33.0 Å². The Kier molecular flexibility index (Phi) is 4.37. The van der Waals surface area contributed by atoms with Crippen molar-refractivity contribution >= 4 is 28.3 Å². The van der Waals surface area contributed by atoms with Crippen LogP contribution >= 0.6 is 11.6 Å². The Hall–Kier alpha value is -2.70. The van der Waals surface area contributed by atoms with Gasteiger partial charge in [-0.1, -0.05) is 17.7 Å². The minimum absolute atomic E-state index is 0.196. The van der Waals surface area contributed by atoms with E-state index in [4.69, 9.17) is 25.5 Å². The minimum Gasteiger partial charge on any atom is -0.454 e. The summed E-state index contributed by atoms with van der Waals surface area (Å²) in [6, 6.07) is 13.2. The highest BCUT2D eigenvalue weighted by Crippen LogP contribution is 2.36. The average Bonchev–Trinajstić information content (AvgIpc) is 3.14. The molecule has 0 spiro atoms. The van der Waals surface area contributed by atoms with Crippen LogP contribution in [-0.2, 0) is 6.54 Å². The lowest BCUT2D eigenvalue weighted by Crippen LogP contribution is -3.13. The van der Waals surface area contributed by atoms with Gasteiger partial charge >= 0.3 is 5.63 Å². The van der Waals surface area contributed by atoms with E-state index in [-0.39, 0.29) is 12.4 Å². The Balaban J connectivity index is 1.36. The molecule has 5 rings (SSSR count). The number of hydrogen-bond acceptors (Lipinski definition) is 5. The number of hydrogen-bond donors (Lipinski definition) is 1. The van der Waals surface area contributed by atoms with Crippen LogP contribution in [0.4, 0.5) is 5.69 Å². The van der Waals surface area contributed by atoms with Crippen molar-refractivity contribution in [1.82, 2.24) is 0 Å². The standard InChI is InChI=1S/C21H19ClN2O4/c22-15-2-1-3-16(9-15)24-6-4-23(5-7-24)12-14-8-21(25)28-18-11-20-19(10-17(14)18)26-13-27-20/h1-3,8-11H,4-7,12-13H2/p+1. The lowest BCUT2D eigenvalue weighted by atomic mass is 10.1. The Morgan fingerprint density at radius 3 is 2.61 bits per heavy atom. The summed E-state index contributed by atoms with van der Waals surface area (Å²) in [5.74, 6) is 1.32. The van der Waals surface area contributed by atoms with Crippen molar-refractivity contribution in [2.45, 2.75) is 6.54 Å². The van der Waals surface area contributed by atoms with Crippen LogP contribution in [0.2, 0.25) is 5.02 Å². The van der Waals surface area contributed by atoms with Crippen LogP contribution in [0.5, 0.6) is 11.5 Å². The number of benzene rings is 2. The fourth-order valence-electron chi connectivity index (χ4n) is 3.96. The molecule has 0 bridgehead atoms. The Bertz CT molecular complexity index is 1090. The molecule has 1 aromatic heterocycles. The summed E-state index contributed by atoms with van der Waals surface area (Å²) < 4.78 is 16.3. The molecule has 3 aromatic rings. The maximum atomic E-state index is 12.0. The summed E-state index contributed by atoms with van der Waals surface area (Å²) in [5, 5.41) is 1.67. The van der Waals surface area contributed by atoms with Gasteiger partial charge in [-0.25, -0.2) is 4.79 Å². The van der Waals surface area contributed by atoms with Crippen LogP contribution < -0.4 is 24.9 Å². The molecule has 0 atom stereocenters. The smallest absolute Gasteiger partial charge is 0.336 e. The van der Waals surface area contributed by atoms with Crippen molar-refractivity contribution in [3.05, 3.63) is 63.5 Å². The molecule has 28 heavy (non-hydrogen) atoms. The van der Waals surface area contributed by atoms with Gasteiger partial charge in [0.1, 0.15) is 12.1 Å². The molecule has 144 valence electrons. The van der Waals surface area contributed by atoms with Gasteiger partial charge < -0.3 is 23.7 Å². The molecule has 2 aliphatic heterocycles. The quantitative estimate of drug-likeness (QED) is 0.683. The molecule has 7 heteroatoms. The van der Waals surface area contributed by atoms with Crippen molar-refractivity contribution in [2.75, 3.05) is 37.9 Å². The topological polar surface area (TPSA) is 56.4 Å². The molecule has 2 aliphatic rings. The summed E-state index contributed by atoms with van der Waals surface area (Å²) in [5.41, 5.74) is 2.35. The number of halogens is 1. The van der Waals surface area contributed by atoms with E-state index >= 15 is 0 Å². The zero-order chi connectivity index (χ0) is 19.1. The first kappa shape index (κ1) is 17.4. The number of nitrogens with one attached hydrogen (secondary N) is 1. The Morgan fingerprint density at radius 1 is 1.04 bits per heavy atom. The minimum atomic E-state index is -0.335. The van der Waals surface area contributed by atoms with Crippen molar-refractivity contribution in [3.63, 3.8) is 0 Å². The predicted octanol–water partition coefficient (Wildman–Crippen LogP) is 2.08.